The Morgan fingerprint density at radius 2 is 2.00 bits per heavy atom. The largest absolute Gasteiger partial charge is 0.297 e. The molecule has 0 radical (unpaired) electrons. The van der Waals surface area contributed by atoms with Crippen LogP contribution >= 0.6 is 22.6 Å². The summed E-state index contributed by atoms with van der Waals surface area (Å²) in [6.07, 6.45) is 0. The summed E-state index contributed by atoms with van der Waals surface area (Å²) in [7, 11) is -2.89. The Morgan fingerprint density at radius 1 is 1.44 bits per heavy atom. The van der Waals surface area contributed by atoms with E-state index in [0.717, 1.165) is 13.2 Å². The summed E-state index contributed by atoms with van der Waals surface area (Å²) in [6, 6.07) is 2.33. The van der Waals surface area contributed by atoms with Crippen LogP contribution in [0.25, 0.3) is 0 Å². The van der Waals surface area contributed by atoms with Gasteiger partial charge in [-0.15, -0.1) is 0 Å². The first-order valence-electron chi connectivity index (χ1n) is 4.04. The fraction of sp³-hybridized carbons (Fsp3) is 0.250. The smallest absolute Gasteiger partial charge is 0.270 e. The Morgan fingerprint density at radius 3 is 2.44 bits per heavy atom. The van der Waals surface area contributed by atoms with Gasteiger partial charge in [-0.1, -0.05) is 0 Å². The predicted molar refractivity (Wildman–Crippen MR) is 64.7 cm³/mol. The molecule has 0 heterocycles. The molecular formula is C8H8INO5S. The molecule has 16 heavy (non-hydrogen) atoms. The van der Waals surface area contributed by atoms with E-state index in [1.165, 1.54) is 6.07 Å². The molecule has 1 rings (SSSR count). The van der Waals surface area contributed by atoms with Gasteiger partial charge in [0.15, 0.2) is 0 Å². The summed E-state index contributed by atoms with van der Waals surface area (Å²) < 4.78 is 27.6. The van der Waals surface area contributed by atoms with E-state index in [9.17, 15) is 18.5 Å². The highest BCUT2D eigenvalue weighted by molar-refractivity contribution is 14.1. The number of halogens is 1. The maximum absolute atomic E-state index is 11.4. The molecule has 0 fully saturated rings. The standard InChI is InChI=1S/C8H8INO5S/c1-5-7(9)3-6(16(13,14)15-2)4-8(5)10(11)12/h3-4H,1-2H3. The minimum absolute atomic E-state index is 0.211. The van der Waals surface area contributed by atoms with Gasteiger partial charge in [0.25, 0.3) is 15.8 Å². The third-order valence-electron chi connectivity index (χ3n) is 2.00. The molecule has 0 atom stereocenters. The molecule has 0 N–H and O–H groups in total. The molecule has 0 unspecified atom stereocenters. The van der Waals surface area contributed by atoms with E-state index in [2.05, 4.69) is 4.18 Å². The number of hydrogen-bond donors (Lipinski definition) is 0. The van der Waals surface area contributed by atoms with Crippen LogP contribution in [-0.2, 0) is 14.3 Å². The first-order chi connectivity index (χ1) is 7.29. The van der Waals surface area contributed by atoms with Crippen molar-refractivity contribution in [3.63, 3.8) is 0 Å². The molecule has 0 saturated heterocycles. The predicted octanol–water partition coefficient (Wildman–Crippen LogP) is 1.84. The average Bonchev–Trinajstić information content (AvgIpc) is 2.21. The Kier molecular flexibility index (Phi) is 3.86. The van der Waals surface area contributed by atoms with Gasteiger partial charge in [-0.2, -0.15) is 8.42 Å². The highest BCUT2D eigenvalue weighted by Crippen LogP contribution is 2.27. The molecule has 0 aliphatic rings. The number of hydrogen-bond acceptors (Lipinski definition) is 5. The molecule has 0 bridgehead atoms. The van der Waals surface area contributed by atoms with Gasteiger partial charge >= 0.3 is 0 Å². The lowest BCUT2D eigenvalue weighted by molar-refractivity contribution is -0.385. The summed E-state index contributed by atoms with van der Waals surface area (Å²) in [5, 5.41) is 10.7. The molecule has 1 aromatic rings. The molecule has 6 nitrogen and oxygen atoms in total. The van der Waals surface area contributed by atoms with Crippen molar-refractivity contribution >= 4 is 38.4 Å². The van der Waals surface area contributed by atoms with Crippen molar-refractivity contribution < 1.29 is 17.5 Å². The normalized spacial score (nSPS) is 11.4. The molecule has 0 amide bonds. The van der Waals surface area contributed by atoms with Crippen molar-refractivity contribution in [1.29, 1.82) is 0 Å². The Bertz CT molecular complexity index is 540. The molecule has 0 spiro atoms. The van der Waals surface area contributed by atoms with Crippen LogP contribution in [0, 0.1) is 20.6 Å². The fourth-order valence-corrected chi connectivity index (χ4v) is 2.60. The summed E-state index contributed by atoms with van der Waals surface area (Å²) in [6.45, 7) is 1.56. The monoisotopic (exact) mass is 357 g/mol. The number of rotatable bonds is 3. The van der Waals surface area contributed by atoms with Crippen LogP contribution in [-0.4, -0.2) is 20.5 Å². The van der Waals surface area contributed by atoms with E-state index in [1.54, 1.807) is 6.92 Å². The second kappa shape index (κ2) is 4.63. The van der Waals surface area contributed by atoms with Crippen LogP contribution in [0.2, 0.25) is 0 Å². The fourth-order valence-electron chi connectivity index (χ4n) is 1.07. The van der Waals surface area contributed by atoms with E-state index in [0.29, 0.717) is 9.13 Å². The van der Waals surface area contributed by atoms with E-state index in [4.69, 9.17) is 0 Å². The molecule has 0 aromatic heterocycles. The van der Waals surface area contributed by atoms with Crippen LogP contribution in [0.5, 0.6) is 0 Å². The summed E-state index contributed by atoms with van der Waals surface area (Å²) in [4.78, 5) is 9.88. The molecule has 0 saturated carbocycles. The van der Waals surface area contributed by atoms with Crippen molar-refractivity contribution in [2.45, 2.75) is 11.8 Å². The van der Waals surface area contributed by atoms with Gasteiger partial charge in [-0.05, 0) is 35.6 Å². The number of nitro benzene ring substituents is 1. The van der Waals surface area contributed by atoms with Gasteiger partial charge in [-0.3, -0.25) is 14.3 Å². The van der Waals surface area contributed by atoms with Gasteiger partial charge in [0.05, 0.1) is 12.0 Å². The van der Waals surface area contributed by atoms with E-state index >= 15 is 0 Å². The SMILES string of the molecule is COS(=O)(=O)c1cc(I)c(C)c([N+](=O)[O-])c1. The number of nitrogens with zero attached hydrogens (tertiary/aromatic N) is 1. The first-order valence-corrected chi connectivity index (χ1v) is 6.53. The van der Waals surface area contributed by atoms with Crippen molar-refractivity contribution in [3.8, 4) is 0 Å². The van der Waals surface area contributed by atoms with Crippen LogP contribution in [0.1, 0.15) is 5.56 Å². The second-order valence-electron chi connectivity index (χ2n) is 2.93. The minimum Gasteiger partial charge on any atom is -0.270 e. The highest BCUT2D eigenvalue weighted by atomic mass is 127. The molecule has 88 valence electrons. The third-order valence-corrected chi connectivity index (χ3v) is 4.37. The van der Waals surface area contributed by atoms with Gasteiger partial charge in [0, 0.05) is 15.2 Å². The van der Waals surface area contributed by atoms with Crippen LogP contribution in [0.4, 0.5) is 5.69 Å². The number of nitro groups is 1. The third kappa shape index (κ3) is 2.50. The van der Waals surface area contributed by atoms with Gasteiger partial charge in [0.1, 0.15) is 4.90 Å². The Labute approximate surface area is 106 Å². The van der Waals surface area contributed by atoms with Crippen molar-refractivity contribution in [1.82, 2.24) is 0 Å². The van der Waals surface area contributed by atoms with Crippen LogP contribution in [0.15, 0.2) is 17.0 Å². The van der Waals surface area contributed by atoms with Crippen molar-refractivity contribution in [3.05, 3.63) is 31.4 Å². The van der Waals surface area contributed by atoms with Gasteiger partial charge in [0.2, 0.25) is 0 Å². The van der Waals surface area contributed by atoms with Crippen LogP contribution < -0.4 is 0 Å². The summed E-state index contributed by atoms with van der Waals surface area (Å²) in [5.74, 6) is 0. The minimum atomic E-state index is -3.90. The maximum atomic E-state index is 11.4. The van der Waals surface area contributed by atoms with E-state index < -0.39 is 15.0 Å². The van der Waals surface area contributed by atoms with Crippen molar-refractivity contribution in [2.75, 3.05) is 7.11 Å². The van der Waals surface area contributed by atoms with Gasteiger partial charge < -0.3 is 0 Å². The zero-order valence-corrected chi connectivity index (χ0v) is 11.4. The molecule has 1 aromatic carbocycles. The topological polar surface area (TPSA) is 86.5 Å². The summed E-state index contributed by atoms with van der Waals surface area (Å²) >= 11 is 1.84. The zero-order chi connectivity index (χ0) is 12.5. The lowest BCUT2D eigenvalue weighted by Crippen LogP contribution is -2.05. The lowest BCUT2D eigenvalue weighted by atomic mass is 10.2. The molecule has 8 heteroatoms. The second-order valence-corrected chi connectivity index (χ2v) is 5.80. The summed E-state index contributed by atoms with van der Waals surface area (Å²) in [5.41, 5.74) is 0.197. The zero-order valence-electron chi connectivity index (χ0n) is 8.43. The Hall–Kier alpha value is -0.740. The molecule has 0 aliphatic carbocycles. The quantitative estimate of drug-likeness (QED) is 0.357. The maximum Gasteiger partial charge on any atom is 0.297 e. The molecule has 0 aliphatic heterocycles. The van der Waals surface area contributed by atoms with E-state index in [1.807, 2.05) is 22.6 Å². The van der Waals surface area contributed by atoms with Crippen molar-refractivity contribution in [2.24, 2.45) is 0 Å². The number of benzene rings is 1. The Balaban J connectivity index is 3.53. The lowest BCUT2D eigenvalue weighted by Gasteiger charge is -2.05. The van der Waals surface area contributed by atoms with Gasteiger partial charge in [-0.25, -0.2) is 0 Å². The van der Waals surface area contributed by atoms with Crippen LogP contribution in [0.3, 0.4) is 0 Å². The van der Waals surface area contributed by atoms with E-state index in [-0.39, 0.29) is 10.6 Å². The molecular weight excluding hydrogens is 349 g/mol. The average molecular weight is 357 g/mol. The highest BCUT2D eigenvalue weighted by Gasteiger charge is 2.21. The first kappa shape index (κ1) is 13.3.